The van der Waals surface area contributed by atoms with E-state index in [1.54, 1.807) is 59.5 Å². The van der Waals surface area contributed by atoms with Crippen molar-refractivity contribution in [3.05, 3.63) is 107 Å². The van der Waals surface area contributed by atoms with Crippen LogP contribution in [0.1, 0.15) is 36.8 Å². The lowest BCUT2D eigenvalue weighted by Crippen LogP contribution is -2.49. The van der Waals surface area contributed by atoms with E-state index in [2.05, 4.69) is 0 Å². The van der Waals surface area contributed by atoms with E-state index in [-0.39, 0.29) is 43.3 Å². The third kappa shape index (κ3) is 4.91. The van der Waals surface area contributed by atoms with E-state index in [0.717, 1.165) is 26.1 Å². The maximum absolute atomic E-state index is 15.2. The van der Waals surface area contributed by atoms with Crippen molar-refractivity contribution in [2.75, 3.05) is 23.0 Å². The zero-order valence-electron chi connectivity index (χ0n) is 29.9. The largest absolute Gasteiger partial charge is 0.491 e. The molecule has 0 spiro atoms. The summed E-state index contributed by atoms with van der Waals surface area (Å²) in [7, 11) is 1.73. The van der Waals surface area contributed by atoms with Crippen LogP contribution in [0.4, 0.5) is 11.5 Å². The van der Waals surface area contributed by atoms with Gasteiger partial charge in [-0.25, -0.2) is 4.90 Å². The molecule has 3 aromatic carbocycles. The van der Waals surface area contributed by atoms with Crippen LogP contribution >= 0.6 is 22.9 Å². The number of rotatable bonds is 7. The summed E-state index contributed by atoms with van der Waals surface area (Å²) in [5.41, 5.74) is 2.44. The number of thiophene rings is 1. The molecule has 4 aliphatic rings. The van der Waals surface area contributed by atoms with Gasteiger partial charge < -0.3 is 9.84 Å². The molecule has 2 saturated heterocycles. The number of aliphatic hydroxyl groups is 1. The maximum Gasteiger partial charge on any atom is 0.242 e. The van der Waals surface area contributed by atoms with Crippen LogP contribution in [0.3, 0.4) is 0 Å². The van der Waals surface area contributed by atoms with Gasteiger partial charge in [-0.2, -0.15) is 5.10 Å². The molecule has 3 fully saturated rings. The molecular formula is C42H37ClN4O6S. The Labute approximate surface area is 320 Å². The van der Waals surface area contributed by atoms with Crippen molar-refractivity contribution in [3.8, 4) is 16.3 Å². The minimum absolute atomic E-state index is 0.0379. The Morgan fingerprint density at radius 3 is 2.48 bits per heavy atom. The number of aryl methyl sites for hydroxylation is 2. The predicted molar refractivity (Wildman–Crippen MR) is 206 cm³/mol. The molecule has 12 heteroatoms. The highest BCUT2D eigenvalue weighted by Crippen LogP contribution is 2.64. The molecule has 1 saturated carbocycles. The second kappa shape index (κ2) is 12.8. The molecule has 54 heavy (non-hydrogen) atoms. The van der Waals surface area contributed by atoms with Gasteiger partial charge in [-0.05, 0) is 80.0 Å². The lowest BCUT2D eigenvalue weighted by Gasteiger charge is -2.49. The Morgan fingerprint density at radius 1 is 0.944 bits per heavy atom. The molecular weight excluding hydrogens is 724 g/mol. The molecule has 0 bridgehead atoms. The molecule has 0 radical (unpaired) electrons. The number of ether oxygens (including phenoxy) is 1. The van der Waals surface area contributed by atoms with Crippen molar-refractivity contribution in [1.29, 1.82) is 0 Å². The standard InChI is InChI=1S/C42H37ClN4O6S/c1-22-28-19-23(43)13-16-33(28)54-37(22)31-21-34(45(3)44-31)47-39(50)30-20-29-25(14-15-27-35(29)40(51)46(38(27)49)24-9-5-4-6-10-24)36(42(30,2)41(47)52)26-11-7-8-12-32(26)53-18-17-48/h4-14,16,19,21,27,29-30,35-36,48H,15,17-18,20H2,1-3H3. The molecule has 2 aromatic heterocycles. The van der Waals surface area contributed by atoms with Crippen LogP contribution in [0.5, 0.6) is 5.75 Å². The maximum atomic E-state index is 15.2. The molecule has 10 nitrogen and oxygen atoms in total. The number of aliphatic hydroxyl groups excluding tert-OH is 1. The molecule has 274 valence electrons. The zero-order valence-corrected chi connectivity index (χ0v) is 31.4. The number of fused-ring (bicyclic) bond motifs is 5. The van der Waals surface area contributed by atoms with Gasteiger partial charge in [0.15, 0.2) is 0 Å². The summed E-state index contributed by atoms with van der Waals surface area (Å²) in [5.74, 6) is -3.66. The molecule has 2 aliphatic heterocycles. The second-order valence-electron chi connectivity index (χ2n) is 14.8. The monoisotopic (exact) mass is 760 g/mol. The highest BCUT2D eigenvalue weighted by Gasteiger charge is 2.68. The van der Waals surface area contributed by atoms with Crippen LogP contribution in [0, 0.1) is 36.0 Å². The quantitative estimate of drug-likeness (QED) is 0.139. The zero-order chi connectivity index (χ0) is 37.6. The van der Waals surface area contributed by atoms with Crippen molar-refractivity contribution >= 4 is 68.2 Å². The van der Waals surface area contributed by atoms with E-state index >= 15 is 4.79 Å². The number of carbonyl (C=O) groups excluding carboxylic acids is 4. The number of anilines is 2. The molecule has 9 rings (SSSR count). The summed E-state index contributed by atoms with van der Waals surface area (Å²) < 4.78 is 8.69. The average Bonchev–Trinajstić information content (AvgIpc) is 3.84. The van der Waals surface area contributed by atoms with E-state index in [4.69, 9.17) is 21.4 Å². The number of aromatic nitrogens is 2. The number of imide groups is 2. The number of halogens is 1. The van der Waals surface area contributed by atoms with Crippen LogP contribution in [-0.4, -0.2) is 51.7 Å². The van der Waals surface area contributed by atoms with Crippen LogP contribution in [0.25, 0.3) is 20.7 Å². The van der Waals surface area contributed by atoms with Gasteiger partial charge in [0.1, 0.15) is 23.9 Å². The third-order valence-electron chi connectivity index (χ3n) is 12.1. The number of amides is 4. The number of para-hydroxylation sites is 2. The summed E-state index contributed by atoms with van der Waals surface area (Å²) in [4.78, 5) is 62.0. The number of nitrogens with zero attached hydrogens (tertiary/aromatic N) is 4. The van der Waals surface area contributed by atoms with E-state index in [1.807, 2.05) is 62.4 Å². The predicted octanol–water partition coefficient (Wildman–Crippen LogP) is 7.07. The number of hydrogen-bond donors (Lipinski definition) is 1. The van der Waals surface area contributed by atoms with Gasteiger partial charge >= 0.3 is 0 Å². The van der Waals surface area contributed by atoms with Crippen molar-refractivity contribution in [1.82, 2.24) is 9.78 Å². The van der Waals surface area contributed by atoms with Crippen LogP contribution in [0.15, 0.2) is 90.5 Å². The van der Waals surface area contributed by atoms with Crippen molar-refractivity contribution in [2.24, 2.45) is 36.1 Å². The number of carbonyl (C=O) groups is 4. The average molecular weight is 761 g/mol. The van der Waals surface area contributed by atoms with Gasteiger partial charge in [0.05, 0.1) is 40.3 Å². The Morgan fingerprint density at radius 2 is 1.70 bits per heavy atom. The molecule has 6 atom stereocenters. The number of allylic oxidation sites excluding steroid dienone is 2. The van der Waals surface area contributed by atoms with Crippen LogP contribution in [-0.2, 0) is 26.2 Å². The summed E-state index contributed by atoms with van der Waals surface area (Å²) in [5, 5.41) is 16.2. The molecule has 5 aromatic rings. The third-order valence-corrected chi connectivity index (χ3v) is 13.6. The topological polar surface area (TPSA) is 122 Å². The van der Waals surface area contributed by atoms with Crippen molar-refractivity contribution in [2.45, 2.75) is 32.6 Å². The van der Waals surface area contributed by atoms with Gasteiger partial charge in [0, 0.05) is 34.3 Å². The summed E-state index contributed by atoms with van der Waals surface area (Å²) >= 11 is 7.90. The first-order chi connectivity index (χ1) is 26.0. The van der Waals surface area contributed by atoms with Gasteiger partial charge in [-0.3, -0.25) is 28.8 Å². The van der Waals surface area contributed by atoms with E-state index in [1.165, 1.54) is 9.80 Å². The van der Waals surface area contributed by atoms with E-state index < -0.39 is 35.0 Å². The lowest BCUT2D eigenvalue weighted by atomic mass is 9.51. The van der Waals surface area contributed by atoms with Gasteiger partial charge in [0.25, 0.3) is 0 Å². The highest BCUT2D eigenvalue weighted by molar-refractivity contribution is 7.22. The van der Waals surface area contributed by atoms with Crippen LogP contribution in [0.2, 0.25) is 5.02 Å². The number of benzene rings is 3. The van der Waals surface area contributed by atoms with Crippen LogP contribution < -0.4 is 14.5 Å². The fourth-order valence-corrected chi connectivity index (χ4v) is 10.9. The fraction of sp³-hybridized carbons (Fsp3) is 0.310. The highest BCUT2D eigenvalue weighted by atomic mass is 35.5. The Balaban J connectivity index is 1.17. The molecule has 1 N–H and O–H groups in total. The van der Waals surface area contributed by atoms with Crippen molar-refractivity contribution < 1.29 is 29.0 Å². The molecule has 4 heterocycles. The summed E-state index contributed by atoms with van der Waals surface area (Å²) in [6, 6.07) is 23.9. The molecule has 4 amide bonds. The lowest BCUT2D eigenvalue weighted by molar-refractivity contribution is -0.131. The summed E-state index contributed by atoms with van der Waals surface area (Å²) in [6.07, 6.45) is 2.58. The Hall–Kier alpha value is -5.10. The van der Waals surface area contributed by atoms with E-state index in [9.17, 15) is 19.5 Å². The first-order valence-corrected chi connectivity index (χ1v) is 19.3. The van der Waals surface area contributed by atoms with E-state index in [0.29, 0.717) is 40.0 Å². The number of hydrogen-bond acceptors (Lipinski definition) is 8. The Kier molecular flexibility index (Phi) is 8.18. The summed E-state index contributed by atoms with van der Waals surface area (Å²) in [6.45, 7) is 3.69. The molecule has 6 unspecified atom stereocenters. The van der Waals surface area contributed by atoms with Gasteiger partial charge in [-0.15, -0.1) is 11.3 Å². The van der Waals surface area contributed by atoms with Gasteiger partial charge in [-0.1, -0.05) is 59.6 Å². The molecule has 2 aliphatic carbocycles. The minimum atomic E-state index is -1.27. The minimum Gasteiger partial charge on any atom is -0.491 e. The normalized spacial score (nSPS) is 26.3. The first-order valence-electron chi connectivity index (χ1n) is 18.1. The second-order valence-corrected chi connectivity index (χ2v) is 16.3. The van der Waals surface area contributed by atoms with Crippen molar-refractivity contribution in [3.63, 3.8) is 0 Å². The first kappa shape index (κ1) is 34.7. The Bertz CT molecular complexity index is 2440. The fourth-order valence-electron chi connectivity index (χ4n) is 9.63. The van der Waals surface area contributed by atoms with Gasteiger partial charge in [0.2, 0.25) is 23.6 Å². The smallest absolute Gasteiger partial charge is 0.242 e. The SMILES string of the molecule is Cc1c(-c2cc(N3C(=O)C4CC5C(=CCC6C(=O)N(c7ccccc7)C(=O)C65)C(c5ccccc5OCCO)C4(C)C3=O)n(C)n2)sc2ccc(Cl)cc12.